The van der Waals surface area contributed by atoms with Crippen LogP contribution in [-0.4, -0.2) is 61.5 Å². The predicted molar refractivity (Wildman–Crippen MR) is 68.6 cm³/mol. The van der Waals surface area contributed by atoms with Crippen LogP contribution < -0.4 is 0 Å². The fourth-order valence-electron chi connectivity index (χ4n) is 3.27. The Hall–Kier alpha value is -1.97. The van der Waals surface area contributed by atoms with Gasteiger partial charge in [0.05, 0.1) is 19.2 Å². The van der Waals surface area contributed by atoms with Crippen molar-refractivity contribution >= 4 is 21.7 Å². The smallest absolute Gasteiger partial charge is 0.328 e. The van der Waals surface area contributed by atoms with Crippen LogP contribution in [0.2, 0.25) is 0 Å². The summed E-state index contributed by atoms with van der Waals surface area (Å²) in [4.78, 5) is 24.3. The normalized spacial score (nSPS) is 33.6. The summed E-state index contributed by atoms with van der Waals surface area (Å²) in [6.07, 6.45) is 2.79. The lowest BCUT2D eigenvalue weighted by atomic mass is 9.92. The van der Waals surface area contributed by atoms with Crippen LogP contribution >= 0.6 is 0 Å². The number of aromatic nitrogens is 3. The number of amides is 1. The molecule has 1 N–H and O–H groups in total. The molecule has 10 heteroatoms. The Morgan fingerprint density at radius 3 is 2.76 bits per heavy atom. The van der Waals surface area contributed by atoms with E-state index in [0.29, 0.717) is 0 Å². The zero-order valence-electron chi connectivity index (χ0n) is 11.2. The van der Waals surface area contributed by atoms with Crippen LogP contribution in [-0.2, 0) is 26.0 Å². The van der Waals surface area contributed by atoms with Gasteiger partial charge in [-0.05, 0) is 6.42 Å². The molecule has 0 aliphatic carbocycles. The molecule has 3 heterocycles. The molecule has 2 saturated heterocycles. The van der Waals surface area contributed by atoms with Crippen molar-refractivity contribution in [1.82, 2.24) is 19.9 Å². The number of aliphatic carboxylic acids is 1. The van der Waals surface area contributed by atoms with Crippen molar-refractivity contribution < 1.29 is 23.1 Å². The fourth-order valence-corrected chi connectivity index (χ4v) is 5.95. The first-order valence-corrected chi connectivity index (χ1v) is 8.01. The largest absolute Gasteiger partial charge is 0.480 e. The number of rotatable bonds is 4. The van der Waals surface area contributed by atoms with Crippen LogP contribution in [0, 0.1) is 0 Å². The molecule has 1 amide bonds. The second-order valence-electron chi connectivity index (χ2n) is 5.26. The molecule has 0 bridgehead atoms. The molecule has 0 radical (unpaired) electrons. The number of carboxylic acid groups (broad SMARTS) is 1. The third-order valence-corrected chi connectivity index (χ3v) is 7.27. The van der Waals surface area contributed by atoms with E-state index >= 15 is 0 Å². The van der Waals surface area contributed by atoms with Crippen LogP contribution in [0.15, 0.2) is 12.4 Å². The minimum atomic E-state index is -3.81. The maximum Gasteiger partial charge on any atom is 0.328 e. The average molecular weight is 314 g/mol. The predicted octanol–water partition coefficient (Wildman–Crippen LogP) is -1.13. The van der Waals surface area contributed by atoms with E-state index in [1.807, 2.05) is 0 Å². The van der Waals surface area contributed by atoms with Gasteiger partial charge in [0, 0.05) is 6.20 Å². The molecule has 3 atom stereocenters. The van der Waals surface area contributed by atoms with Crippen molar-refractivity contribution in [3.05, 3.63) is 12.4 Å². The Balaban J connectivity index is 2.14. The number of nitrogens with zero attached hydrogens (tertiary/aromatic N) is 4. The van der Waals surface area contributed by atoms with Crippen LogP contribution in [0.25, 0.3) is 0 Å². The van der Waals surface area contributed by atoms with E-state index in [-0.39, 0.29) is 19.4 Å². The Morgan fingerprint density at radius 2 is 2.29 bits per heavy atom. The van der Waals surface area contributed by atoms with E-state index in [1.165, 1.54) is 17.1 Å². The van der Waals surface area contributed by atoms with Gasteiger partial charge in [-0.3, -0.25) is 9.48 Å². The van der Waals surface area contributed by atoms with Gasteiger partial charge in [-0.25, -0.2) is 13.2 Å². The van der Waals surface area contributed by atoms with E-state index in [0.717, 1.165) is 4.90 Å². The molecule has 0 spiro atoms. The van der Waals surface area contributed by atoms with Crippen molar-refractivity contribution in [2.75, 3.05) is 0 Å². The molecule has 0 unspecified atom stereocenters. The highest BCUT2D eigenvalue weighted by Crippen LogP contribution is 2.48. The Morgan fingerprint density at radius 1 is 1.57 bits per heavy atom. The summed E-state index contributed by atoms with van der Waals surface area (Å²) in [6.45, 7) is 1.48. The van der Waals surface area contributed by atoms with E-state index in [9.17, 15) is 23.1 Å². The zero-order chi connectivity index (χ0) is 15.4. The van der Waals surface area contributed by atoms with Gasteiger partial charge in [-0.2, -0.15) is 0 Å². The van der Waals surface area contributed by atoms with Gasteiger partial charge < -0.3 is 10.0 Å². The lowest BCUT2D eigenvalue weighted by molar-refractivity contribution is -0.158. The first kappa shape index (κ1) is 14.0. The Labute approximate surface area is 120 Å². The molecule has 2 aliphatic rings. The monoisotopic (exact) mass is 314 g/mol. The van der Waals surface area contributed by atoms with Crippen molar-refractivity contribution in [3.63, 3.8) is 0 Å². The van der Waals surface area contributed by atoms with Gasteiger partial charge in [-0.1, -0.05) is 12.1 Å². The molecular weight excluding hydrogens is 300 g/mol. The maximum atomic E-state index is 12.8. The number of sulfone groups is 1. The third-order valence-electron chi connectivity index (χ3n) is 4.38. The molecule has 1 aromatic heterocycles. The molecule has 2 aliphatic heterocycles. The van der Waals surface area contributed by atoms with Crippen molar-refractivity contribution in [1.29, 1.82) is 0 Å². The van der Waals surface area contributed by atoms with Crippen LogP contribution in [0.4, 0.5) is 0 Å². The van der Waals surface area contributed by atoms with Gasteiger partial charge in [-0.15, -0.1) is 5.10 Å². The number of carboxylic acids is 1. The van der Waals surface area contributed by atoms with Gasteiger partial charge >= 0.3 is 5.97 Å². The number of hydrogen-bond acceptors (Lipinski definition) is 6. The summed E-state index contributed by atoms with van der Waals surface area (Å²) in [6, 6.07) is -1.39. The topological polar surface area (TPSA) is 122 Å². The molecule has 21 heavy (non-hydrogen) atoms. The standard InChI is InChI=1S/C11H14N4O5S/c1-2-11(6-14-4-3-12-13-14)9(10(17)18)15-7(16)5-8(15)21(11,19)20/h3-4,8-9H,2,5-6H2,1H3,(H,17,18)/t8-,9+,11+/m1/s1. The molecule has 3 rings (SSSR count). The van der Waals surface area contributed by atoms with E-state index in [1.54, 1.807) is 6.92 Å². The van der Waals surface area contributed by atoms with Crippen LogP contribution in [0.5, 0.6) is 0 Å². The first-order chi connectivity index (χ1) is 9.85. The molecule has 0 saturated carbocycles. The first-order valence-electron chi connectivity index (χ1n) is 6.46. The highest BCUT2D eigenvalue weighted by atomic mass is 32.2. The van der Waals surface area contributed by atoms with Gasteiger partial charge in [0.1, 0.15) is 10.1 Å². The number of carbonyl (C=O) groups is 2. The quantitative estimate of drug-likeness (QED) is 0.697. The minimum absolute atomic E-state index is 0.0758. The Bertz CT molecular complexity index is 700. The van der Waals surface area contributed by atoms with Gasteiger partial charge in [0.25, 0.3) is 0 Å². The summed E-state index contributed by atoms with van der Waals surface area (Å²) in [5.74, 6) is -1.75. The molecule has 0 aromatic carbocycles. The van der Waals surface area contributed by atoms with Crippen LogP contribution in [0.3, 0.4) is 0 Å². The average Bonchev–Trinajstić information content (AvgIpc) is 2.95. The summed E-state index contributed by atoms with van der Waals surface area (Å²) in [5, 5.41) is 15.8. The molecule has 2 fully saturated rings. The van der Waals surface area contributed by atoms with Crippen molar-refractivity contribution in [2.24, 2.45) is 0 Å². The zero-order valence-corrected chi connectivity index (χ0v) is 12.0. The number of β-lactam (4-membered cyclic amide) rings is 1. The number of carbonyl (C=O) groups excluding carboxylic acids is 1. The molecule has 1 aromatic rings. The van der Waals surface area contributed by atoms with Crippen molar-refractivity contribution in [3.8, 4) is 0 Å². The summed E-state index contributed by atoms with van der Waals surface area (Å²) >= 11 is 0. The van der Waals surface area contributed by atoms with E-state index in [4.69, 9.17) is 0 Å². The highest BCUT2D eigenvalue weighted by Gasteiger charge is 2.71. The maximum absolute atomic E-state index is 12.8. The third kappa shape index (κ3) is 1.59. The molecule has 114 valence electrons. The van der Waals surface area contributed by atoms with Crippen molar-refractivity contribution in [2.45, 2.75) is 42.5 Å². The SMILES string of the molecule is CC[C@]1(Cn2ccnn2)[C@H](C(=O)O)N2C(=O)C[C@H]2S1(=O)=O. The minimum Gasteiger partial charge on any atom is -0.480 e. The second-order valence-corrected chi connectivity index (χ2v) is 7.71. The van der Waals surface area contributed by atoms with E-state index in [2.05, 4.69) is 10.3 Å². The number of fused-ring (bicyclic) bond motifs is 1. The Kier molecular flexibility index (Phi) is 2.84. The van der Waals surface area contributed by atoms with Gasteiger partial charge in [0.2, 0.25) is 5.91 Å². The fraction of sp³-hybridized carbons (Fsp3) is 0.636. The highest BCUT2D eigenvalue weighted by molar-refractivity contribution is 7.93. The summed E-state index contributed by atoms with van der Waals surface area (Å²) in [5.41, 5.74) is 0. The number of hydrogen-bond donors (Lipinski definition) is 1. The lowest BCUT2D eigenvalue weighted by Crippen LogP contribution is -2.58. The van der Waals surface area contributed by atoms with Gasteiger partial charge in [0.15, 0.2) is 15.9 Å². The molecule has 9 nitrogen and oxygen atoms in total. The van der Waals surface area contributed by atoms with E-state index < -0.39 is 37.9 Å². The summed E-state index contributed by atoms with van der Waals surface area (Å²) in [7, 11) is -3.81. The lowest BCUT2D eigenvalue weighted by Gasteiger charge is -2.36. The molecular formula is C11H14N4O5S. The van der Waals surface area contributed by atoms with Crippen LogP contribution in [0.1, 0.15) is 19.8 Å². The second kappa shape index (κ2) is 4.26. The summed E-state index contributed by atoms with van der Waals surface area (Å²) < 4.78 is 25.3.